The van der Waals surface area contributed by atoms with E-state index in [0.717, 1.165) is 53.3 Å². The molecule has 0 bridgehead atoms. The zero-order valence-corrected chi connectivity index (χ0v) is 12.8. The normalized spacial score (nSPS) is 21.8. The molecule has 1 aliphatic heterocycles. The van der Waals surface area contributed by atoms with Crippen LogP contribution in [0.1, 0.15) is 24.6 Å². The van der Waals surface area contributed by atoms with Crippen LogP contribution in [0.2, 0.25) is 0 Å². The second-order valence-electron chi connectivity index (χ2n) is 5.55. The number of hydrogen-bond acceptors (Lipinski definition) is 3. The third-order valence-corrected chi connectivity index (χ3v) is 4.37. The van der Waals surface area contributed by atoms with Crippen molar-refractivity contribution in [3.05, 3.63) is 53.5 Å². The van der Waals surface area contributed by atoms with E-state index < -0.39 is 0 Å². The molecule has 4 nitrogen and oxygen atoms in total. The van der Waals surface area contributed by atoms with Gasteiger partial charge in [-0.25, -0.2) is 0 Å². The molecule has 0 amide bonds. The Bertz CT molecular complexity index is 797. The number of pyridine rings is 1. The van der Waals surface area contributed by atoms with Crippen LogP contribution in [-0.4, -0.2) is 28.0 Å². The van der Waals surface area contributed by atoms with E-state index in [2.05, 4.69) is 15.7 Å². The van der Waals surface area contributed by atoms with Gasteiger partial charge >= 0.3 is 0 Å². The van der Waals surface area contributed by atoms with Crippen LogP contribution < -0.4 is 0 Å². The van der Waals surface area contributed by atoms with Crippen molar-refractivity contribution >= 4 is 28.1 Å². The van der Waals surface area contributed by atoms with Gasteiger partial charge in [0.1, 0.15) is 0 Å². The van der Waals surface area contributed by atoms with Crippen LogP contribution in [-0.2, 0) is 4.74 Å². The number of allylic oxidation sites excluding steroid dienone is 6. The molecule has 1 aliphatic carbocycles. The standard InChI is InChI=1S/C17H16ClN3O/c18-13-3-1-2-12(4-5-13)17-15-10-19-8-6-16(15)21(20-17)14-7-9-22-11-14/h1,3-6,8,10,14H,2,7,9,11H2. The van der Waals surface area contributed by atoms with Crippen LogP contribution in [0.15, 0.2) is 47.8 Å². The molecule has 2 aromatic rings. The second kappa shape index (κ2) is 5.71. The molecule has 22 heavy (non-hydrogen) atoms. The molecular weight excluding hydrogens is 298 g/mol. The lowest BCUT2D eigenvalue weighted by atomic mass is 10.1. The first-order chi connectivity index (χ1) is 10.8. The Balaban J connectivity index is 1.86. The maximum atomic E-state index is 6.08. The predicted octanol–water partition coefficient (Wildman–Crippen LogP) is 3.86. The molecule has 2 aromatic heterocycles. The maximum absolute atomic E-state index is 6.08. The minimum atomic E-state index is 0.305. The lowest BCUT2D eigenvalue weighted by Crippen LogP contribution is -2.10. The summed E-state index contributed by atoms with van der Waals surface area (Å²) in [4.78, 5) is 4.28. The second-order valence-corrected chi connectivity index (χ2v) is 5.99. The zero-order chi connectivity index (χ0) is 14.9. The van der Waals surface area contributed by atoms with Crippen molar-refractivity contribution in [1.82, 2.24) is 14.8 Å². The Morgan fingerprint density at radius 1 is 1.32 bits per heavy atom. The van der Waals surface area contributed by atoms with Gasteiger partial charge in [-0.05, 0) is 36.6 Å². The monoisotopic (exact) mass is 313 g/mol. The van der Waals surface area contributed by atoms with E-state index in [0.29, 0.717) is 6.04 Å². The molecule has 0 saturated carbocycles. The Morgan fingerprint density at radius 3 is 3.14 bits per heavy atom. The molecule has 4 rings (SSSR count). The average molecular weight is 314 g/mol. The fourth-order valence-corrected chi connectivity index (χ4v) is 3.15. The van der Waals surface area contributed by atoms with Crippen molar-refractivity contribution in [3.63, 3.8) is 0 Å². The number of ether oxygens (including phenoxy) is 1. The van der Waals surface area contributed by atoms with Gasteiger partial charge in [0.25, 0.3) is 0 Å². The molecule has 2 aliphatic rings. The molecular formula is C17H16ClN3O. The van der Waals surface area contributed by atoms with Crippen molar-refractivity contribution in [2.24, 2.45) is 0 Å². The quantitative estimate of drug-likeness (QED) is 0.845. The van der Waals surface area contributed by atoms with Crippen LogP contribution in [0, 0.1) is 0 Å². The highest BCUT2D eigenvalue weighted by molar-refractivity contribution is 6.31. The molecule has 0 aromatic carbocycles. The van der Waals surface area contributed by atoms with E-state index in [1.54, 1.807) is 0 Å². The maximum Gasteiger partial charge on any atom is 0.0980 e. The topological polar surface area (TPSA) is 39.9 Å². The summed E-state index contributed by atoms with van der Waals surface area (Å²) in [7, 11) is 0. The lowest BCUT2D eigenvalue weighted by Gasteiger charge is -2.09. The summed E-state index contributed by atoms with van der Waals surface area (Å²) in [6.07, 6.45) is 13.5. The fourth-order valence-electron chi connectivity index (χ4n) is 2.99. The van der Waals surface area contributed by atoms with E-state index in [9.17, 15) is 0 Å². The highest BCUT2D eigenvalue weighted by atomic mass is 35.5. The molecule has 1 atom stereocenters. The van der Waals surface area contributed by atoms with Gasteiger partial charge in [-0.1, -0.05) is 23.8 Å². The molecule has 1 saturated heterocycles. The fraction of sp³-hybridized carbons (Fsp3) is 0.294. The van der Waals surface area contributed by atoms with Crippen LogP contribution >= 0.6 is 11.6 Å². The van der Waals surface area contributed by atoms with Gasteiger partial charge in [-0.3, -0.25) is 9.67 Å². The minimum absolute atomic E-state index is 0.305. The zero-order valence-electron chi connectivity index (χ0n) is 12.1. The van der Waals surface area contributed by atoms with Crippen LogP contribution in [0.3, 0.4) is 0 Å². The lowest BCUT2D eigenvalue weighted by molar-refractivity contribution is 0.185. The largest absolute Gasteiger partial charge is 0.379 e. The number of rotatable bonds is 2. The van der Waals surface area contributed by atoms with E-state index in [1.807, 2.05) is 36.7 Å². The van der Waals surface area contributed by atoms with E-state index in [1.165, 1.54) is 0 Å². The summed E-state index contributed by atoms with van der Waals surface area (Å²) in [5, 5.41) is 6.70. The van der Waals surface area contributed by atoms with Crippen LogP contribution in [0.25, 0.3) is 16.5 Å². The number of fused-ring (bicyclic) bond motifs is 1. The molecule has 3 heterocycles. The smallest absolute Gasteiger partial charge is 0.0980 e. The average Bonchev–Trinajstić information content (AvgIpc) is 3.13. The predicted molar refractivity (Wildman–Crippen MR) is 87.7 cm³/mol. The van der Waals surface area contributed by atoms with Crippen molar-refractivity contribution < 1.29 is 4.74 Å². The first-order valence-electron chi connectivity index (χ1n) is 7.46. The van der Waals surface area contributed by atoms with Crippen LogP contribution in [0.4, 0.5) is 0 Å². The van der Waals surface area contributed by atoms with Crippen LogP contribution in [0.5, 0.6) is 0 Å². The number of halogens is 1. The molecule has 0 spiro atoms. The minimum Gasteiger partial charge on any atom is -0.379 e. The third-order valence-electron chi connectivity index (χ3n) is 4.12. The van der Waals surface area contributed by atoms with Gasteiger partial charge in [0, 0.05) is 29.4 Å². The summed E-state index contributed by atoms with van der Waals surface area (Å²) in [6.45, 7) is 1.53. The third kappa shape index (κ3) is 2.38. The van der Waals surface area contributed by atoms with Gasteiger partial charge in [-0.2, -0.15) is 5.10 Å². The van der Waals surface area contributed by atoms with Crippen molar-refractivity contribution in [1.29, 1.82) is 0 Å². The summed E-state index contributed by atoms with van der Waals surface area (Å²) in [5.74, 6) is 0. The van der Waals surface area contributed by atoms with Crippen molar-refractivity contribution in [2.45, 2.75) is 18.9 Å². The van der Waals surface area contributed by atoms with Gasteiger partial charge in [0.15, 0.2) is 0 Å². The van der Waals surface area contributed by atoms with Gasteiger partial charge in [0.2, 0.25) is 0 Å². The molecule has 1 unspecified atom stereocenters. The number of hydrogen-bond donors (Lipinski definition) is 0. The first kappa shape index (κ1) is 13.7. The first-order valence-corrected chi connectivity index (χ1v) is 7.84. The number of aromatic nitrogens is 3. The highest BCUT2D eigenvalue weighted by Crippen LogP contribution is 2.31. The summed E-state index contributed by atoms with van der Waals surface area (Å²) in [6, 6.07) is 2.33. The SMILES string of the molecule is ClC1=CC=C(c2nn(C3CCOC3)c3ccncc23)CC=C1. The van der Waals surface area contributed by atoms with Crippen molar-refractivity contribution in [3.8, 4) is 0 Å². The molecule has 5 heteroatoms. The van der Waals surface area contributed by atoms with E-state index >= 15 is 0 Å². The van der Waals surface area contributed by atoms with Gasteiger partial charge in [0.05, 0.1) is 23.9 Å². The van der Waals surface area contributed by atoms with Gasteiger partial charge < -0.3 is 4.74 Å². The highest BCUT2D eigenvalue weighted by Gasteiger charge is 2.23. The van der Waals surface area contributed by atoms with E-state index in [4.69, 9.17) is 21.4 Å². The molecule has 1 fully saturated rings. The van der Waals surface area contributed by atoms with Crippen molar-refractivity contribution in [2.75, 3.05) is 13.2 Å². The Labute approximate surface area is 133 Å². The molecule has 0 N–H and O–H groups in total. The summed E-state index contributed by atoms with van der Waals surface area (Å²) in [5.41, 5.74) is 3.26. The van der Waals surface area contributed by atoms with E-state index in [-0.39, 0.29) is 0 Å². The number of nitrogens with zero attached hydrogens (tertiary/aromatic N) is 3. The Morgan fingerprint density at radius 2 is 2.27 bits per heavy atom. The summed E-state index contributed by atoms with van der Waals surface area (Å²) >= 11 is 6.08. The van der Waals surface area contributed by atoms with Gasteiger partial charge in [-0.15, -0.1) is 0 Å². The Kier molecular flexibility index (Phi) is 3.56. The molecule has 112 valence electrons. The summed E-state index contributed by atoms with van der Waals surface area (Å²) < 4.78 is 7.62. The molecule has 0 radical (unpaired) electrons. The Hall–Kier alpha value is -1.91.